The highest BCUT2D eigenvalue weighted by atomic mass is 16.6. The Morgan fingerprint density at radius 3 is 2.75 bits per heavy atom. The average molecular weight is 271 g/mol. The van der Waals surface area contributed by atoms with E-state index in [0.29, 0.717) is 18.6 Å². The normalized spacial score (nSPS) is 17.8. The number of hydrogen-bond acceptors (Lipinski definition) is 4. The lowest BCUT2D eigenvalue weighted by atomic mass is 10.2. The summed E-state index contributed by atoms with van der Waals surface area (Å²) in [5, 5.41) is 0. The van der Waals surface area contributed by atoms with Gasteiger partial charge in [0.25, 0.3) is 0 Å². The fourth-order valence-electron chi connectivity index (χ4n) is 2.08. The second-order valence-electron chi connectivity index (χ2n) is 4.49. The molecule has 5 heteroatoms. The Hall–Kier alpha value is -2.56. The molecule has 3 rings (SSSR count). The molecule has 1 fully saturated rings. The number of nitrogens with zero attached hydrogens (tertiary/aromatic N) is 1. The SMILES string of the molecule is O=C(OC1CCOC1=O)c1cccc(-n2cccc2)c1. The molecule has 1 unspecified atom stereocenters. The summed E-state index contributed by atoms with van der Waals surface area (Å²) in [6.07, 6.45) is 3.41. The molecule has 0 amide bonds. The minimum Gasteiger partial charge on any atom is -0.463 e. The molecule has 0 aliphatic carbocycles. The number of hydrogen-bond donors (Lipinski definition) is 0. The van der Waals surface area contributed by atoms with Gasteiger partial charge in [0.2, 0.25) is 6.10 Å². The van der Waals surface area contributed by atoms with Crippen molar-refractivity contribution in [1.29, 1.82) is 0 Å². The highest BCUT2D eigenvalue weighted by Gasteiger charge is 2.30. The Kier molecular flexibility index (Phi) is 3.25. The van der Waals surface area contributed by atoms with Crippen molar-refractivity contribution < 1.29 is 19.1 Å². The Morgan fingerprint density at radius 1 is 1.25 bits per heavy atom. The van der Waals surface area contributed by atoms with Crippen molar-refractivity contribution in [1.82, 2.24) is 4.57 Å². The van der Waals surface area contributed by atoms with E-state index in [0.717, 1.165) is 5.69 Å². The van der Waals surface area contributed by atoms with Gasteiger partial charge in [0.1, 0.15) is 0 Å². The molecule has 1 saturated heterocycles. The van der Waals surface area contributed by atoms with E-state index in [2.05, 4.69) is 0 Å². The summed E-state index contributed by atoms with van der Waals surface area (Å²) in [5.74, 6) is -0.984. The Morgan fingerprint density at radius 2 is 2.05 bits per heavy atom. The molecule has 0 saturated carbocycles. The van der Waals surface area contributed by atoms with Crippen molar-refractivity contribution in [3.8, 4) is 5.69 Å². The van der Waals surface area contributed by atoms with Crippen molar-refractivity contribution in [2.24, 2.45) is 0 Å². The smallest absolute Gasteiger partial charge is 0.347 e. The van der Waals surface area contributed by atoms with E-state index < -0.39 is 18.0 Å². The van der Waals surface area contributed by atoms with Crippen molar-refractivity contribution in [2.75, 3.05) is 6.61 Å². The van der Waals surface area contributed by atoms with E-state index in [1.165, 1.54) is 0 Å². The number of cyclic esters (lactones) is 1. The highest BCUT2D eigenvalue weighted by Crippen LogP contribution is 2.16. The van der Waals surface area contributed by atoms with Gasteiger partial charge < -0.3 is 14.0 Å². The number of esters is 2. The van der Waals surface area contributed by atoms with Crippen LogP contribution in [0.4, 0.5) is 0 Å². The van der Waals surface area contributed by atoms with Gasteiger partial charge in [0, 0.05) is 24.5 Å². The Labute approximate surface area is 115 Å². The molecule has 2 heterocycles. The molecule has 0 N–H and O–H groups in total. The van der Waals surface area contributed by atoms with Crippen LogP contribution in [0, 0.1) is 0 Å². The molecule has 20 heavy (non-hydrogen) atoms. The summed E-state index contributed by atoms with van der Waals surface area (Å²) in [5.41, 5.74) is 1.27. The minimum atomic E-state index is -0.780. The number of aromatic nitrogens is 1. The van der Waals surface area contributed by atoms with Crippen LogP contribution in [0.15, 0.2) is 48.8 Å². The zero-order valence-electron chi connectivity index (χ0n) is 10.7. The van der Waals surface area contributed by atoms with Crippen LogP contribution in [0.25, 0.3) is 5.69 Å². The Balaban J connectivity index is 1.78. The zero-order valence-corrected chi connectivity index (χ0v) is 10.7. The van der Waals surface area contributed by atoms with Gasteiger partial charge in [0.05, 0.1) is 12.2 Å². The van der Waals surface area contributed by atoms with Crippen molar-refractivity contribution in [3.63, 3.8) is 0 Å². The van der Waals surface area contributed by atoms with Crippen LogP contribution in [0.3, 0.4) is 0 Å². The second-order valence-corrected chi connectivity index (χ2v) is 4.49. The maximum atomic E-state index is 12.0. The van der Waals surface area contributed by atoms with Gasteiger partial charge in [-0.1, -0.05) is 6.07 Å². The molecule has 1 aliphatic rings. The predicted octanol–water partition coefficient (Wildman–Crippen LogP) is 1.95. The molecule has 0 bridgehead atoms. The van der Waals surface area contributed by atoms with Crippen LogP contribution in [-0.4, -0.2) is 29.2 Å². The van der Waals surface area contributed by atoms with E-state index >= 15 is 0 Å². The number of ether oxygens (including phenoxy) is 2. The van der Waals surface area contributed by atoms with E-state index in [4.69, 9.17) is 9.47 Å². The van der Waals surface area contributed by atoms with E-state index in [-0.39, 0.29) is 0 Å². The van der Waals surface area contributed by atoms with Crippen LogP contribution >= 0.6 is 0 Å². The highest BCUT2D eigenvalue weighted by molar-refractivity contribution is 5.92. The number of rotatable bonds is 3. The summed E-state index contributed by atoms with van der Waals surface area (Å²) in [6.45, 7) is 0.306. The predicted molar refractivity (Wildman–Crippen MR) is 70.5 cm³/mol. The summed E-state index contributed by atoms with van der Waals surface area (Å²) >= 11 is 0. The first-order valence-corrected chi connectivity index (χ1v) is 6.35. The van der Waals surface area contributed by atoms with Gasteiger partial charge in [-0.25, -0.2) is 9.59 Å². The lowest BCUT2D eigenvalue weighted by Crippen LogP contribution is -2.22. The van der Waals surface area contributed by atoms with Crippen LogP contribution < -0.4 is 0 Å². The number of carbonyl (C=O) groups is 2. The maximum Gasteiger partial charge on any atom is 0.347 e. The standard InChI is InChI=1S/C15H13NO4/c17-14(20-13-6-9-19-15(13)18)11-4-3-5-12(10-11)16-7-1-2-8-16/h1-5,7-8,10,13H,6,9H2. The minimum absolute atomic E-state index is 0.306. The third-order valence-electron chi connectivity index (χ3n) is 3.12. The van der Waals surface area contributed by atoms with Gasteiger partial charge in [-0.05, 0) is 30.3 Å². The van der Waals surface area contributed by atoms with E-state index in [9.17, 15) is 9.59 Å². The fourth-order valence-corrected chi connectivity index (χ4v) is 2.08. The average Bonchev–Trinajstić information content (AvgIpc) is 3.12. The van der Waals surface area contributed by atoms with Crippen LogP contribution in [0.5, 0.6) is 0 Å². The first-order chi connectivity index (χ1) is 9.74. The summed E-state index contributed by atoms with van der Waals surface area (Å²) in [4.78, 5) is 23.3. The van der Waals surface area contributed by atoms with Gasteiger partial charge in [0.15, 0.2) is 0 Å². The molecule has 1 aromatic carbocycles. The van der Waals surface area contributed by atoms with Crippen LogP contribution in [0.2, 0.25) is 0 Å². The molecule has 1 aliphatic heterocycles. The van der Waals surface area contributed by atoms with Gasteiger partial charge >= 0.3 is 11.9 Å². The lowest BCUT2D eigenvalue weighted by molar-refractivity contribution is -0.145. The molecular formula is C15H13NO4. The first kappa shape index (κ1) is 12.5. The molecule has 1 aromatic heterocycles. The van der Waals surface area contributed by atoms with E-state index in [1.807, 2.05) is 35.2 Å². The topological polar surface area (TPSA) is 57.5 Å². The molecule has 2 aromatic rings. The molecule has 102 valence electrons. The molecular weight excluding hydrogens is 258 g/mol. The summed E-state index contributed by atoms with van der Waals surface area (Å²) in [6, 6.07) is 10.9. The fraction of sp³-hybridized carbons (Fsp3) is 0.200. The second kappa shape index (κ2) is 5.21. The van der Waals surface area contributed by atoms with Gasteiger partial charge in [-0.15, -0.1) is 0 Å². The quantitative estimate of drug-likeness (QED) is 0.801. The third kappa shape index (κ3) is 2.42. The zero-order chi connectivity index (χ0) is 13.9. The van der Waals surface area contributed by atoms with Crippen molar-refractivity contribution >= 4 is 11.9 Å². The van der Waals surface area contributed by atoms with Gasteiger partial charge in [-0.2, -0.15) is 0 Å². The molecule has 5 nitrogen and oxygen atoms in total. The van der Waals surface area contributed by atoms with Crippen LogP contribution in [0.1, 0.15) is 16.8 Å². The largest absolute Gasteiger partial charge is 0.463 e. The maximum absolute atomic E-state index is 12.0. The summed E-state index contributed by atoms with van der Waals surface area (Å²) < 4.78 is 11.8. The van der Waals surface area contributed by atoms with E-state index in [1.54, 1.807) is 18.2 Å². The monoisotopic (exact) mass is 271 g/mol. The Bertz CT molecular complexity index is 633. The molecule has 0 spiro atoms. The first-order valence-electron chi connectivity index (χ1n) is 6.35. The van der Waals surface area contributed by atoms with Crippen molar-refractivity contribution in [3.05, 3.63) is 54.4 Å². The van der Waals surface area contributed by atoms with Crippen LogP contribution in [-0.2, 0) is 14.3 Å². The number of benzene rings is 1. The third-order valence-corrected chi connectivity index (χ3v) is 3.12. The van der Waals surface area contributed by atoms with Gasteiger partial charge in [-0.3, -0.25) is 0 Å². The lowest BCUT2D eigenvalue weighted by Gasteiger charge is -2.09. The van der Waals surface area contributed by atoms with Crippen molar-refractivity contribution in [2.45, 2.75) is 12.5 Å². The summed E-state index contributed by atoms with van der Waals surface area (Å²) in [7, 11) is 0. The molecule has 0 radical (unpaired) electrons. The number of carbonyl (C=O) groups excluding carboxylic acids is 2. The molecule has 1 atom stereocenters.